The van der Waals surface area contributed by atoms with Gasteiger partial charge in [-0.25, -0.2) is 4.79 Å². The minimum absolute atomic E-state index is 0.101. The van der Waals surface area contributed by atoms with Crippen LogP contribution >= 0.6 is 0 Å². The first-order chi connectivity index (χ1) is 12.5. The van der Waals surface area contributed by atoms with Gasteiger partial charge in [-0.3, -0.25) is 14.7 Å². The Morgan fingerprint density at radius 2 is 1.70 bits per heavy atom. The molecule has 0 aliphatic carbocycles. The van der Waals surface area contributed by atoms with Crippen molar-refractivity contribution in [2.24, 2.45) is 0 Å². The average Bonchev–Trinajstić information content (AvgIpc) is 2.59. The van der Waals surface area contributed by atoms with Crippen LogP contribution in [0.4, 0.5) is 5.69 Å². The summed E-state index contributed by atoms with van der Waals surface area (Å²) in [5.41, 5.74) is 0.961. The molecule has 0 aliphatic heterocycles. The van der Waals surface area contributed by atoms with Crippen LogP contribution in [0.3, 0.4) is 0 Å². The number of hydrogen-bond donors (Lipinski definition) is 2. The van der Waals surface area contributed by atoms with Gasteiger partial charge in [-0.15, -0.1) is 0 Å². The van der Waals surface area contributed by atoms with E-state index >= 15 is 0 Å². The Balaban J connectivity index is 0.000000194. The van der Waals surface area contributed by atoms with Crippen molar-refractivity contribution in [2.75, 3.05) is 0 Å². The Hall–Kier alpha value is -3.24. The van der Waals surface area contributed by atoms with Crippen LogP contribution in [0, 0.1) is 24.0 Å². The highest BCUT2D eigenvalue weighted by Gasteiger charge is 2.22. The molecule has 3 aromatic rings. The normalized spacial score (nSPS) is 10.9. The van der Waals surface area contributed by atoms with Crippen molar-refractivity contribution < 1.29 is 27.4 Å². The predicted octanol–water partition coefficient (Wildman–Crippen LogP) is 2.96. The van der Waals surface area contributed by atoms with Crippen LogP contribution in [-0.2, 0) is 10.1 Å². The molecule has 0 aliphatic rings. The SMILES string of the molecule is Cc1c(C)c2ccc(O)cc2oc1=O.O=[N+]([O-])c1ccccc1S(=O)(=O)O. The molecule has 0 amide bonds. The van der Waals surface area contributed by atoms with Gasteiger partial charge in [0.1, 0.15) is 11.3 Å². The molecule has 1 heterocycles. The van der Waals surface area contributed by atoms with Gasteiger partial charge in [-0.1, -0.05) is 12.1 Å². The summed E-state index contributed by atoms with van der Waals surface area (Å²) in [4.78, 5) is 20.0. The number of nitro benzene ring substituents is 1. The summed E-state index contributed by atoms with van der Waals surface area (Å²) in [7, 11) is -4.52. The molecule has 0 radical (unpaired) electrons. The zero-order valence-electron chi connectivity index (χ0n) is 14.2. The summed E-state index contributed by atoms with van der Waals surface area (Å²) in [5.74, 6) is 0.101. The van der Waals surface area contributed by atoms with Crippen molar-refractivity contribution in [2.45, 2.75) is 18.7 Å². The van der Waals surface area contributed by atoms with Crippen molar-refractivity contribution in [1.82, 2.24) is 0 Å². The summed E-state index contributed by atoms with van der Waals surface area (Å²) in [6, 6.07) is 9.34. The lowest BCUT2D eigenvalue weighted by Gasteiger charge is -2.03. The highest BCUT2D eigenvalue weighted by atomic mass is 32.2. The van der Waals surface area contributed by atoms with Crippen molar-refractivity contribution >= 4 is 26.8 Å². The maximum absolute atomic E-state index is 11.3. The molecule has 9 nitrogen and oxygen atoms in total. The first-order valence-corrected chi connectivity index (χ1v) is 8.90. The van der Waals surface area contributed by atoms with E-state index in [0.29, 0.717) is 11.1 Å². The van der Waals surface area contributed by atoms with E-state index in [1.807, 2.05) is 6.92 Å². The van der Waals surface area contributed by atoms with Gasteiger partial charge in [0.2, 0.25) is 0 Å². The van der Waals surface area contributed by atoms with E-state index in [1.54, 1.807) is 19.1 Å². The zero-order chi connectivity index (χ0) is 20.4. The molecule has 2 N–H and O–H groups in total. The number of rotatable bonds is 2. The second-order valence-corrected chi connectivity index (χ2v) is 6.91. The Labute approximate surface area is 153 Å². The van der Waals surface area contributed by atoms with Crippen molar-refractivity contribution in [3.63, 3.8) is 0 Å². The smallest absolute Gasteiger partial charge is 0.339 e. The number of nitro groups is 1. The van der Waals surface area contributed by atoms with E-state index in [-0.39, 0.29) is 11.4 Å². The van der Waals surface area contributed by atoms with Crippen LogP contribution in [0.2, 0.25) is 0 Å². The molecule has 0 saturated heterocycles. The van der Waals surface area contributed by atoms with Gasteiger partial charge in [0.25, 0.3) is 5.69 Å². The molecule has 0 unspecified atom stereocenters. The zero-order valence-corrected chi connectivity index (χ0v) is 15.1. The van der Waals surface area contributed by atoms with E-state index in [1.165, 1.54) is 18.2 Å². The van der Waals surface area contributed by atoms with Crippen LogP contribution in [-0.4, -0.2) is 23.0 Å². The number of aromatic hydroxyl groups is 1. The lowest BCUT2D eigenvalue weighted by molar-refractivity contribution is -0.387. The van der Waals surface area contributed by atoms with Gasteiger partial charge in [0, 0.05) is 23.1 Å². The predicted molar refractivity (Wildman–Crippen MR) is 96.5 cm³/mol. The maximum atomic E-state index is 11.3. The van der Waals surface area contributed by atoms with E-state index < -0.39 is 25.6 Å². The van der Waals surface area contributed by atoms with Crippen LogP contribution in [0.15, 0.2) is 56.6 Å². The van der Waals surface area contributed by atoms with E-state index in [4.69, 9.17) is 8.97 Å². The Morgan fingerprint density at radius 1 is 1.07 bits per heavy atom. The highest BCUT2D eigenvalue weighted by Crippen LogP contribution is 2.23. The first-order valence-electron chi connectivity index (χ1n) is 7.46. The minimum Gasteiger partial charge on any atom is -0.508 e. The number of nitrogens with zero attached hydrogens (tertiary/aromatic N) is 1. The Bertz CT molecular complexity index is 1180. The van der Waals surface area contributed by atoms with Gasteiger partial charge in [0.15, 0.2) is 4.90 Å². The van der Waals surface area contributed by atoms with Crippen molar-refractivity contribution in [3.8, 4) is 5.75 Å². The van der Waals surface area contributed by atoms with Crippen LogP contribution in [0.1, 0.15) is 11.1 Å². The van der Waals surface area contributed by atoms with E-state index in [0.717, 1.165) is 23.1 Å². The quantitative estimate of drug-likeness (QED) is 0.292. The fourth-order valence-corrected chi connectivity index (χ4v) is 2.92. The number of phenolic OH excluding ortho intramolecular Hbond substituents is 1. The lowest BCUT2D eigenvalue weighted by Crippen LogP contribution is -2.05. The number of hydrogen-bond acceptors (Lipinski definition) is 7. The molecule has 0 spiro atoms. The van der Waals surface area contributed by atoms with Gasteiger partial charge >= 0.3 is 15.7 Å². The number of benzene rings is 2. The van der Waals surface area contributed by atoms with Gasteiger partial charge in [-0.05, 0) is 37.6 Å². The number of para-hydroxylation sites is 1. The summed E-state index contributed by atoms with van der Waals surface area (Å²) in [6.07, 6.45) is 0. The minimum atomic E-state index is -4.52. The topological polar surface area (TPSA) is 148 Å². The van der Waals surface area contributed by atoms with E-state index in [2.05, 4.69) is 0 Å². The molecule has 2 aromatic carbocycles. The third-order valence-corrected chi connectivity index (χ3v) is 4.68. The molecule has 0 fully saturated rings. The summed E-state index contributed by atoms with van der Waals surface area (Å²) in [5, 5.41) is 20.4. The largest absolute Gasteiger partial charge is 0.508 e. The highest BCUT2D eigenvalue weighted by molar-refractivity contribution is 7.86. The molecular formula is C17H15NO8S. The molecule has 3 rings (SSSR count). The van der Waals surface area contributed by atoms with Crippen LogP contribution in [0.25, 0.3) is 11.0 Å². The van der Waals surface area contributed by atoms with E-state index in [9.17, 15) is 28.4 Å². The number of phenols is 1. The molecule has 1 aromatic heterocycles. The maximum Gasteiger partial charge on any atom is 0.339 e. The van der Waals surface area contributed by atoms with Gasteiger partial charge < -0.3 is 9.52 Å². The third kappa shape index (κ3) is 4.49. The molecule has 10 heteroatoms. The molecule has 0 saturated carbocycles. The van der Waals surface area contributed by atoms with Gasteiger partial charge in [0.05, 0.1) is 4.92 Å². The standard InChI is InChI=1S/C11H10O3.C6H5NO5S/c1-6-7(2)11(13)14-10-5-8(12)3-4-9(6)10;8-7(9)5-3-1-2-4-6(5)13(10,11)12/h3-5,12H,1-2H3;1-4H,(H,10,11,12). The number of aryl methyl sites for hydroxylation is 1. The summed E-state index contributed by atoms with van der Waals surface area (Å²) >= 11 is 0. The fourth-order valence-electron chi connectivity index (χ4n) is 2.26. The number of fused-ring (bicyclic) bond motifs is 1. The average molecular weight is 393 g/mol. The molecule has 27 heavy (non-hydrogen) atoms. The van der Waals surface area contributed by atoms with Crippen molar-refractivity contribution in [1.29, 1.82) is 0 Å². The molecule has 0 bridgehead atoms. The lowest BCUT2D eigenvalue weighted by atomic mass is 10.1. The molecular weight excluding hydrogens is 378 g/mol. The fraction of sp³-hybridized carbons (Fsp3) is 0.118. The first kappa shape index (κ1) is 20.1. The second kappa shape index (κ2) is 7.56. The molecule has 0 atom stereocenters. The monoisotopic (exact) mass is 393 g/mol. The Morgan fingerprint density at radius 3 is 2.26 bits per heavy atom. The summed E-state index contributed by atoms with van der Waals surface area (Å²) in [6.45, 7) is 3.60. The van der Waals surface area contributed by atoms with Crippen molar-refractivity contribution in [3.05, 3.63) is 74.1 Å². The summed E-state index contributed by atoms with van der Waals surface area (Å²) < 4.78 is 34.8. The van der Waals surface area contributed by atoms with Crippen LogP contribution in [0.5, 0.6) is 5.75 Å². The Kier molecular flexibility index (Phi) is 5.62. The van der Waals surface area contributed by atoms with Crippen LogP contribution < -0.4 is 5.63 Å². The third-order valence-electron chi connectivity index (χ3n) is 3.78. The van der Waals surface area contributed by atoms with Gasteiger partial charge in [-0.2, -0.15) is 8.42 Å². The molecule has 142 valence electrons. The second-order valence-electron chi connectivity index (χ2n) is 5.52.